The van der Waals surface area contributed by atoms with Crippen LogP contribution in [0.15, 0.2) is 22.7 Å². The van der Waals surface area contributed by atoms with Gasteiger partial charge in [0.15, 0.2) is 0 Å². The van der Waals surface area contributed by atoms with Crippen molar-refractivity contribution < 1.29 is 23.1 Å². The molecular weight excluding hydrogens is 277 g/mol. The summed E-state index contributed by atoms with van der Waals surface area (Å²) in [6.45, 7) is 0. The van der Waals surface area contributed by atoms with E-state index in [1.807, 2.05) is 0 Å². The lowest BCUT2D eigenvalue weighted by Crippen LogP contribution is -2.31. The SMILES string of the molecule is O=C(O)C(F)(F)Cc1cccc(Br)c1F. The van der Waals surface area contributed by atoms with Crippen molar-refractivity contribution in [3.8, 4) is 0 Å². The Kier molecular flexibility index (Phi) is 3.38. The van der Waals surface area contributed by atoms with Crippen molar-refractivity contribution in [2.75, 3.05) is 0 Å². The number of carboxylic acid groups (broad SMARTS) is 1. The Morgan fingerprint density at radius 1 is 1.47 bits per heavy atom. The lowest BCUT2D eigenvalue weighted by molar-refractivity contribution is -0.164. The first-order valence-corrected chi connectivity index (χ1v) is 4.68. The van der Waals surface area contributed by atoms with E-state index in [9.17, 15) is 18.0 Å². The van der Waals surface area contributed by atoms with Crippen LogP contribution >= 0.6 is 15.9 Å². The molecule has 0 aliphatic rings. The fraction of sp³-hybridized carbons (Fsp3) is 0.222. The van der Waals surface area contributed by atoms with Crippen molar-refractivity contribution >= 4 is 21.9 Å². The maximum atomic E-state index is 13.2. The van der Waals surface area contributed by atoms with E-state index in [0.29, 0.717) is 0 Å². The summed E-state index contributed by atoms with van der Waals surface area (Å²) >= 11 is 2.82. The molecule has 0 unspecified atom stereocenters. The summed E-state index contributed by atoms with van der Waals surface area (Å²) in [4.78, 5) is 10.1. The normalized spacial score (nSPS) is 11.5. The van der Waals surface area contributed by atoms with Gasteiger partial charge in [-0.05, 0) is 27.6 Å². The van der Waals surface area contributed by atoms with Crippen molar-refractivity contribution in [3.05, 3.63) is 34.1 Å². The van der Waals surface area contributed by atoms with Crippen LogP contribution in [0, 0.1) is 5.82 Å². The maximum absolute atomic E-state index is 13.2. The number of alkyl halides is 2. The van der Waals surface area contributed by atoms with Gasteiger partial charge in [-0.1, -0.05) is 12.1 Å². The zero-order chi connectivity index (χ0) is 11.6. The summed E-state index contributed by atoms with van der Waals surface area (Å²) < 4.78 is 38.8. The number of halogens is 4. The zero-order valence-corrected chi connectivity index (χ0v) is 8.89. The zero-order valence-electron chi connectivity index (χ0n) is 7.31. The third-order valence-corrected chi connectivity index (χ3v) is 2.37. The Morgan fingerprint density at radius 2 is 2.07 bits per heavy atom. The summed E-state index contributed by atoms with van der Waals surface area (Å²) in [7, 11) is 0. The van der Waals surface area contributed by atoms with Crippen LogP contribution in [-0.2, 0) is 11.2 Å². The fourth-order valence-electron chi connectivity index (χ4n) is 1.000. The molecule has 2 nitrogen and oxygen atoms in total. The highest BCUT2D eigenvalue weighted by Gasteiger charge is 2.39. The summed E-state index contributed by atoms with van der Waals surface area (Å²) in [6, 6.07) is 3.83. The smallest absolute Gasteiger partial charge is 0.374 e. The second kappa shape index (κ2) is 4.22. The van der Waals surface area contributed by atoms with Gasteiger partial charge in [0.05, 0.1) is 10.9 Å². The second-order valence-electron chi connectivity index (χ2n) is 2.90. The molecule has 0 amide bonds. The quantitative estimate of drug-likeness (QED) is 0.926. The van der Waals surface area contributed by atoms with Gasteiger partial charge in [0.25, 0.3) is 0 Å². The van der Waals surface area contributed by atoms with E-state index in [1.165, 1.54) is 12.1 Å². The molecule has 1 N–H and O–H groups in total. The first-order chi connectivity index (χ1) is 6.84. The van der Waals surface area contributed by atoms with E-state index >= 15 is 0 Å². The molecule has 82 valence electrons. The summed E-state index contributed by atoms with van der Waals surface area (Å²) in [5.74, 6) is -7.08. The molecule has 0 heterocycles. The minimum Gasteiger partial charge on any atom is -0.477 e. The van der Waals surface area contributed by atoms with Gasteiger partial charge >= 0.3 is 11.9 Å². The van der Waals surface area contributed by atoms with Gasteiger partial charge < -0.3 is 5.11 Å². The van der Waals surface area contributed by atoms with Crippen LogP contribution < -0.4 is 0 Å². The number of carboxylic acids is 1. The number of rotatable bonds is 3. The lowest BCUT2D eigenvalue weighted by Gasteiger charge is -2.11. The molecule has 0 fully saturated rings. The molecule has 0 aliphatic heterocycles. The minimum absolute atomic E-state index is 0.0289. The molecule has 0 aromatic heterocycles. The van der Waals surface area contributed by atoms with Crippen LogP contribution in [0.1, 0.15) is 5.56 Å². The van der Waals surface area contributed by atoms with Gasteiger partial charge in [-0.3, -0.25) is 0 Å². The van der Waals surface area contributed by atoms with Gasteiger partial charge in [-0.15, -0.1) is 0 Å². The molecule has 0 saturated carbocycles. The summed E-state index contributed by atoms with van der Waals surface area (Å²) in [5.41, 5.74) is -0.336. The monoisotopic (exact) mass is 282 g/mol. The van der Waals surface area contributed by atoms with E-state index < -0.39 is 24.1 Å². The number of benzene rings is 1. The molecule has 1 rings (SSSR count). The molecule has 0 saturated heterocycles. The van der Waals surface area contributed by atoms with Crippen molar-refractivity contribution in [1.29, 1.82) is 0 Å². The summed E-state index contributed by atoms with van der Waals surface area (Å²) in [5, 5.41) is 8.18. The van der Waals surface area contributed by atoms with Crippen molar-refractivity contribution in [1.82, 2.24) is 0 Å². The van der Waals surface area contributed by atoms with Crippen LogP contribution in [0.2, 0.25) is 0 Å². The minimum atomic E-state index is -3.96. The topological polar surface area (TPSA) is 37.3 Å². The molecular formula is C9H6BrF3O2. The molecule has 6 heteroatoms. The Morgan fingerprint density at radius 3 is 2.60 bits per heavy atom. The first-order valence-electron chi connectivity index (χ1n) is 3.88. The van der Waals surface area contributed by atoms with Crippen LogP contribution in [0.4, 0.5) is 13.2 Å². The highest BCUT2D eigenvalue weighted by atomic mass is 79.9. The Labute approximate surface area is 91.8 Å². The third-order valence-electron chi connectivity index (χ3n) is 1.76. The van der Waals surface area contributed by atoms with Gasteiger partial charge in [0.1, 0.15) is 5.82 Å². The predicted molar refractivity (Wildman–Crippen MR) is 50.4 cm³/mol. The number of carbonyl (C=O) groups is 1. The third kappa shape index (κ3) is 2.71. The maximum Gasteiger partial charge on any atom is 0.374 e. The lowest BCUT2D eigenvalue weighted by atomic mass is 10.1. The van der Waals surface area contributed by atoms with E-state index in [4.69, 9.17) is 5.11 Å². The van der Waals surface area contributed by atoms with Gasteiger partial charge in [-0.25, -0.2) is 9.18 Å². The molecule has 1 aromatic carbocycles. The standard InChI is InChI=1S/C9H6BrF3O2/c10-6-3-1-2-5(7(6)11)4-9(12,13)8(14)15/h1-3H,4H2,(H,14,15). The Bertz CT molecular complexity index is 393. The van der Waals surface area contributed by atoms with Crippen LogP contribution in [-0.4, -0.2) is 17.0 Å². The number of hydrogen-bond donors (Lipinski definition) is 1. The Hall–Kier alpha value is -1.04. The van der Waals surface area contributed by atoms with E-state index in [1.54, 1.807) is 0 Å². The van der Waals surface area contributed by atoms with E-state index in [0.717, 1.165) is 6.07 Å². The highest BCUT2D eigenvalue weighted by Crippen LogP contribution is 2.25. The molecule has 1 aromatic rings. The molecule has 0 spiro atoms. The average molecular weight is 283 g/mol. The number of aliphatic carboxylic acids is 1. The van der Waals surface area contributed by atoms with Gasteiger partial charge in [0, 0.05) is 0 Å². The molecule has 0 atom stereocenters. The van der Waals surface area contributed by atoms with Crippen molar-refractivity contribution in [2.45, 2.75) is 12.3 Å². The number of hydrogen-bond acceptors (Lipinski definition) is 1. The van der Waals surface area contributed by atoms with Crippen LogP contribution in [0.3, 0.4) is 0 Å². The molecule has 0 bridgehead atoms. The van der Waals surface area contributed by atoms with Crippen LogP contribution in [0.25, 0.3) is 0 Å². The van der Waals surface area contributed by atoms with Gasteiger partial charge in [0.2, 0.25) is 0 Å². The Balaban J connectivity index is 3.00. The van der Waals surface area contributed by atoms with E-state index in [2.05, 4.69) is 15.9 Å². The highest BCUT2D eigenvalue weighted by molar-refractivity contribution is 9.10. The van der Waals surface area contributed by atoms with Crippen LogP contribution in [0.5, 0.6) is 0 Å². The second-order valence-corrected chi connectivity index (χ2v) is 3.75. The summed E-state index contributed by atoms with van der Waals surface area (Å²) in [6.07, 6.45) is -1.16. The van der Waals surface area contributed by atoms with Gasteiger partial charge in [-0.2, -0.15) is 8.78 Å². The fourth-order valence-corrected chi connectivity index (χ4v) is 1.41. The molecule has 0 radical (unpaired) electrons. The van der Waals surface area contributed by atoms with Crippen molar-refractivity contribution in [2.24, 2.45) is 0 Å². The first kappa shape index (κ1) is 12.0. The van der Waals surface area contributed by atoms with E-state index in [-0.39, 0.29) is 10.0 Å². The van der Waals surface area contributed by atoms with Crippen molar-refractivity contribution in [3.63, 3.8) is 0 Å². The predicted octanol–water partition coefficient (Wildman–Crippen LogP) is 2.85. The molecule has 0 aliphatic carbocycles. The largest absolute Gasteiger partial charge is 0.477 e. The molecule has 15 heavy (non-hydrogen) atoms. The average Bonchev–Trinajstić information content (AvgIpc) is 2.12.